The molecule has 0 saturated carbocycles. The van der Waals surface area contributed by atoms with E-state index >= 15 is 0 Å². The Labute approximate surface area is 166 Å². The molecular weight excluding hydrogens is 352 g/mol. The van der Waals surface area contributed by atoms with Gasteiger partial charge in [-0.3, -0.25) is 9.59 Å². The molecule has 1 aromatic heterocycles. The number of benzene rings is 1. The first-order valence-corrected chi connectivity index (χ1v) is 9.87. The first-order chi connectivity index (χ1) is 13.5. The van der Waals surface area contributed by atoms with Gasteiger partial charge in [0.1, 0.15) is 6.04 Å². The smallest absolute Gasteiger partial charge is 0.245 e. The minimum absolute atomic E-state index is 0.0115. The van der Waals surface area contributed by atoms with Crippen LogP contribution >= 0.6 is 0 Å². The van der Waals surface area contributed by atoms with Crippen molar-refractivity contribution in [1.29, 1.82) is 0 Å². The monoisotopic (exact) mass is 381 g/mol. The molecule has 6 nitrogen and oxygen atoms in total. The lowest BCUT2D eigenvalue weighted by Gasteiger charge is -2.38. The number of aromatic nitrogens is 1. The maximum Gasteiger partial charge on any atom is 0.245 e. The van der Waals surface area contributed by atoms with Crippen molar-refractivity contribution >= 4 is 17.5 Å². The lowest BCUT2D eigenvalue weighted by Crippen LogP contribution is -2.56. The molecule has 1 saturated heterocycles. The predicted octanol–water partition coefficient (Wildman–Crippen LogP) is 1.53. The molecule has 0 unspecified atom stereocenters. The fraction of sp³-hybridized carbons (Fsp3) is 0.409. The molecule has 0 radical (unpaired) electrons. The third-order valence-corrected chi connectivity index (χ3v) is 5.11. The van der Waals surface area contributed by atoms with Crippen molar-refractivity contribution in [2.24, 2.45) is 5.92 Å². The van der Waals surface area contributed by atoms with Crippen LogP contribution in [0.5, 0.6) is 0 Å². The van der Waals surface area contributed by atoms with Crippen molar-refractivity contribution in [3.05, 3.63) is 60.4 Å². The van der Waals surface area contributed by atoms with Crippen LogP contribution in [0.1, 0.15) is 19.4 Å². The van der Waals surface area contributed by atoms with E-state index in [1.165, 1.54) is 0 Å². The Balaban J connectivity index is 1.57. The molecule has 2 aromatic rings. The van der Waals surface area contributed by atoms with E-state index in [-0.39, 0.29) is 24.2 Å². The highest BCUT2D eigenvalue weighted by Crippen LogP contribution is 2.16. The van der Waals surface area contributed by atoms with Crippen molar-refractivity contribution in [2.45, 2.75) is 26.3 Å². The van der Waals surface area contributed by atoms with Gasteiger partial charge in [-0.15, -0.1) is 0 Å². The zero-order valence-corrected chi connectivity index (χ0v) is 16.6. The Morgan fingerprint density at radius 1 is 1.00 bits per heavy atom. The molecule has 3 rings (SSSR count). The quantitative estimate of drug-likeness (QED) is 0.825. The SMILES string of the molecule is CC(C)[C@H](NC(=O)Cc1ccccc1)C(=O)N1CCN(c2cc[nH+]cc2)CC1. The molecule has 1 aliphatic heterocycles. The molecule has 1 fully saturated rings. The summed E-state index contributed by atoms with van der Waals surface area (Å²) in [5.41, 5.74) is 2.10. The molecule has 6 heteroatoms. The number of H-pyrrole nitrogens is 1. The Hall–Kier alpha value is -2.89. The largest absolute Gasteiger partial charge is 0.368 e. The Bertz CT molecular complexity index is 772. The first-order valence-electron chi connectivity index (χ1n) is 9.87. The van der Waals surface area contributed by atoms with Crippen LogP contribution in [0.25, 0.3) is 0 Å². The highest BCUT2D eigenvalue weighted by Gasteiger charge is 2.30. The first kappa shape index (κ1) is 19.9. The molecular formula is C22H29N4O2+. The molecule has 148 valence electrons. The van der Waals surface area contributed by atoms with Gasteiger partial charge < -0.3 is 15.1 Å². The van der Waals surface area contributed by atoms with Crippen LogP contribution in [-0.4, -0.2) is 48.9 Å². The second kappa shape index (κ2) is 9.35. The average Bonchev–Trinajstić information content (AvgIpc) is 2.73. The van der Waals surface area contributed by atoms with Gasteiger partial charge in [-0.1, -0.05) is 44.2 Å². The van der Waals surface area contributed by atoms with Crippen LogP contribution in [0.2, 0.25) is 0 Å². The standard InChI is InChI=1S/C22H28N4O2/c1-17(2)21(24-20(27)16-18-6-4-3-5-7-18)22(28)26-14-12-25(13-15-26)19-8-10-23-11-9-19/h3-11,17,21H,12-16H2,1-2H3,(H,24,27)/p+1/t21-/m0/s1. The molecule has 1 atom stereocenters. The van der Waals surface area contributed by atoms with Crippen LogP contribution in [0, 0.1) is 5.92 Å². The van der Waals surface area contributed by atoms with Gasteiger partial charge >= 0.3 is 0 Å². The average molecular weight is 382 g/mol. The summed E-state index contributed by atoms with van der Waals surface area (Å²) in [5.74, 6) is -0.0650. The van der Waals surface area contributed by atoms with Crippen molar-refractivity contribution in [2.75, 3.05) is 31.1 Å². The normalized spacial score (nSPS) is 15.4. The number of nitrogens with one attached hydrogen (secondary N) is 2. The highest BCUT2D eigenvalue weighted by atomic mass is 16.2. The van der Waals surface area contributed by atoms with Gasteiger partial charge in [0.25, 0.3) is 0 Å². The van der Waals surface area contributed by atoms with E-state index in [9.17, 15) is 9.59 Å². The summed E-state index contributed by atoms with van der Waals surface area (Å²) in [4.78, 5) is 32.7. The predicted molar refractivity (Wildman–Crippen MR) is 109 cm³/mol. The highest BCUT2D eigenvalue weighted by molar-refractivity contribution is 5.88. The number of pyridine rings is 1. The number of hydrogen-bond acceptors (Lipinski definition) is 3. The summed E-state index contributed by atoms with van der Waals surface area (Å²) in [6, 6.07) is 13.2. The topological polar surface area (TPSA) is 66.8 Å². The van der Waals surface area contributed by atoms with E-state index < -0.39 is 6.04 Å². The lowest BCUT2D eigenvalue weighted by atomic mass is 10.0. The minimum Gasteiger partial charge on any atom is -0.368 e. The van der Waals surface area contributed by atoms with Gasteiger partial charge in [0.2, 0.25) is 11.8 Å². The molecule has 0 bridgehead atoms. The number of piperazine rings is 1. The van der Waals surface area contributed by atoms with Gasteiger partial charge in [0, 0.05) is 44.0 Å². The van der Waals surface area contributed by atoms with E-state index in [4.69, 9.17) is 0 Å². The summed E-state index contributed by atoms with van der Waals surface area (Å²) in [6.07, 6.45) is 4.10. The Morgan fingerprint density at radius 3 is 2.25 bits per heavy atom. The van der Waals surface area contributed by atoms with Gasteiger partial charge in [0.05, 0.1) is 6.42 Å². The van der Waals surface area contributed by atoms with Crippen molar-refractivity contribution in [3.63, 3.8) is 0 Å². The van der Waals surface area contributed by atoms with Crippen LogP contribution in [0.3, 0.4) is 0 Å². The van der Waals surface area contributed by atoms with Gasteiger partial charge in [-0.05, 0) is 11.5 Å². The Morgan fingerprint density at radius 2 is 1.64 bits per heavy atom. The minimum atomic E-state index is -0.492. The van der Waals surface area contributed by atoms with Gasteiger partial charge in [-0.2, -0.15) is 0 Å². The summed E-state index contributed by atoms with van der Waals surface area (Å²) in [6.45, 7) is 6.85. The van der Waals surface area contributed by atoms with Crippen LogP contribution in [-0.2, 0) is 16.0 Å². The van der Waals surface area contributed by atoms with E-state index in [0.29, 0.717) is 13.1 Å². The number of anilines is 1. The van der Waals surface area contributed by atoms with Crippen molar-refractivity contribution < 1.29 is 14.6 Å². The molecule has 0 spiro atoms. The van der Waals surface area contributed by atoms with Crippen molar-refractivity contribution in [3.8, 4) is 0 Å². The second-order valence-electron chi connectivity index (χ2n) is 7.52. The van der Waals surface area contributed by atoms with E-state index in [1.807, 2.05) is 73.6 Å². The second-order valence-corrected chi connectivity index (χ2v) is 7.52. The molecule has 28 heavy (non-hydrogen) atoms. The fourth-order valence-electron chi connectivity index (χ4n) is 3.49. The number of hydrogen-bond donors (Lipinski definition) is 1. The lowest BCUT2D eigenvalue weighted by molar-refractivity contribution is -0.377. The third-order valence-electron chi connectivity index (χ3n) is 5.11. The summed E-state index contributed by atoms with van der Waals surface area (Å²) < 4.78 is 0. The van der Waals surface area contributed by atoms with E-state index in [2.05, 4.69) is 15.2 Å². The molecule has 1 aliphatic rings. The van der Waals surface area contributed by atoms with Crippen molar-refractivity contribution in [1.82, 2.24) is 10.2 Å². The molecule has 2 heterocycles. The summed E-state index contributed by atoms with van der Waals surface area (Å²) >= 11 is 0. The zero-order chi connectivity index (χ0) is 19.9. The van der Waals surface area contributed by atoms with E-state index in [0.717, 1.165) is 24.3 Å². The molecule has 1 aromatic carbocycles. The number of amides is 2. The molecule has 2 N–H and O–H groups in total. The van der Waals surface area contributed by atoms with Crippen LogP contribution in [0.15, 0.2) is 54.9 Å². The Kier molecular flexibility index (Phi) is 6.63. The maximum atomic E-state index is 13.1. The summed E-state index contributed by atoms with van der Waals surface area (Å²) in [7, 11) is 0. The maximum absolute atomic E-state index is 13.1. The number of rotatable bonds is 6. The number of nitrogens with zero attached hydrogens (tertiary/aromatic N) is 2. The zero-order valence-electron chi connectivity index (χ0n) is 16.6. The van der Waals surface area contributed by atoms with Gasteiger partial charge in [-0.25, -0.2) is 4.98 Å². The van der Waals surface area contributed by atoms with E-state index in [1.54, 1.807) is 0 Å². The number of carbonyl (C=O) groups excluding carboxylic acids is 2. The van der Waals surface area contributed by atoms with Crippen LogP contribution < -0.4 is 15.2 Å². The molecule has 0 aliphatic carbocycles. The van der Waals surface area contributed by atoms with Crippen LogP contribution in [0.4, 0.5) is 5.69 Å². The molecule has 2 amide bonds. The third kappa shape index (κ3) is 5.09. The number of carbonyl (C=O) groups is 2. The van der Waals surface area contributed by atoms with Gasteiger partial charge in [0.15, 0.2) is 12.4 Å². The summed E-state index contributed by atoms with van der Waals surface area (Å²) in [5, 5.41) is 2.96. The fourth-order valence-corrected chi connectivity index (χ4v) is 3.49. The number of aromatic amines is 1.